The van der Waals surface area contributed by atoms with Gasteiger partial charge in [0.2, 0.25) is 0 Å². The Kier molecular flexibility index (Phi) is 5.03. The molecule has 1 aliphatic rings. The van der Waals surface area contributed by atoms with E-state index in [0.29, 0.717) is 11.5 Å². The van der Waals surface area contributed by atoms with Crippen LogP contribution in [0.4, 0.5) is 0 Å². The van der Waals surface area contributed by atoms with Gasteiger partial charge in [-0.25, -0.2) is 9.79 Å². The van der Waals surface area contributed by atoms with Crippen LogP contribution >= 0.6 is 0 Å². The van der Waals surface area contributed by atoms with E-state index in [1.54, 1.807) is 43.7 Å². The predicted molar refractivity (Wildman–Crippen MR) is 100 cm³/mol. The highest BCUT2D eigenvalue weighted by Crippen LogP contribution is 2.27. The SMILES string of the molecule is Cc1cnc(C2=NC(C)(C(C)C)C(=O)N2)c(C(=O)OCc2ccncc2)c1. The number of rotatable bonds is 5. The quantitative estimate of drug-likeness (QED) is 0.820. The lowest BCUT2D eigenvalue weighted by molar-refractivity contribution is -0.124. The second-order valence-electron chi connectivity index (χ2n) is 7.06. The summed E-state index contributed by atoms with van der Waals surface area (Å²) in [5.74, 6) is -0.423. The van der Waals surface area contributed by atoms with Crippen LogP contribution in [0.5, 0.6) is 0 Å². The van der Waals surface area contributed by atoms with E-state index in [-0.39, 0.29) is 24.0 Å². The number of carbonyl (C=O) groups is 2. The van der Waals surface area contributed by atoms with Crippen molar-refractivity contribution >= 4 is 17.7 Å². The first kappa shape index (κ1) is 18.7. The van der Waals surface area contributed by atoms with Crippen molar-refractivity contribution in [2.75, 3.05) is 0 Å². The normalized spacial score (nSPS) is 19.0. The number of ether oxygens (including phenoxy) is 1. The van der Waals surface area contributed by atoms with E-state index in [9.17, 15) is 9.59 Å². The van der Waals surface area contributed by atoms with Gasteiger partial charge in [-0.05, 0) is 49.1 Å². The maximum atomic E-state index is 12.7. The third kappa shape index (κ3) is 3.72. The topological polar surface area (TPSA) is 93.5 Å². The highest BCUT2D eigenvalue weighted by atomic mass is 16.5. The summed E-state index contributed by atoms with van der Waals surface area (Å²) in [5.41, 5.74) is 1.35. The number of hydrogen-bond donors (Lipinski definition) is 1. The maximum Gasteiger partial charge on any atom is 0.340 e. The number of aliphatic imine (C=N–C) groups is 1. The highest BCUT2D eigenvalue weighted by Gasteiger charge is 2.43. The fraction of sp³-hybridized carbons (Fsp3) is 0.350. The van der Waals surface area contributed by atoms with E-state index in [2.05, 4.69) is 20.3 Å². The maximum absolute atomic E-state index is 12.7. The predicted octanol–water partition coefficient (Wildman–Crippen LogP) is 2.43. The summed E-state index contributed by atoms with van der Waals surface area (Å²) in [6, 6.07) is 5.24. The van der Waals surface area contributed by atoms with Crippen molar-refractivity contribution in [2.45, 2.75) is 39.8 Å². The lowest BCUT2D eigenvalue weighted by atomic mass is 9.89. The third-order valence-corrected chi connectivity index (χ3v) is 4.75. The van der Waals surface area contributed by atoms with E-state index in [1.165, 1.54) is 0 Å². The van der Waals surface area contributed by atoms with Crippen molar-refractivity contribution in [1.82, 2.24) is 15.3 Å². The van der Waals surface area contributed by atoms with Crippen LogP contribution in [0.15, 0.2) is 41.8 Å². The zero-order valence-electron chi connectivity index (χ0n) is 15.8. The van der Waals surface area contributed by atoms with Crippen LogP contribution in [-0.4, -0.2) is 33.2 Å². The molecule has 0 radical (unpaired) electrons. The molecule has 0 aromatic carbocycles. The van der Waals surface area contributed by atoms with Gasteiger partial charge >= 0.3 is 5.97 Å². The van der Waals surface area contributed by atoms with E-state index >= 15 is 0 Å². The van der Waals surface area contributed by atoms with Crippen molar-refractivity contribution in [2.24, 2.45) is 10.9 Å². The first-order chi connectivity index (χ1) is 12.8. The Hall–Kier alpha value is -3.09. The average molecular weight is 366 g/mol. The summed E-state index contributed by atoms with van der Waals surface area (Å²) >= 11 is 0. The summed E-state index contributed by atoms with van der Waals surface area (Å²) in [4.78, 5) is 37.9. The lowest BCUT2D eigenvalue weighted by Gasteiger charge is -2.21. The number of nitrogens with one attached hydrogen (secondary N) is 1. The fourth-order valence-corrected chi connectivity index (χ4v) is 2.67. The molecule has 1 aliphatic heterocycles. The van der Waals surface area contributed by atoms with E-state index in [1.807, 2.05) is 20.8 Å². The number of pyridine rings is 2. The van der Waals surface area contributed by atoms with Gasteiger partial charge < -0.3 is 10.1 Å². The number of aryl methyl sites for hydroxylation is 1. The molecule has 1 N–H and O–H groups in total. The summed E-state index contributed by atoms with van der Waals surface area (Å²) in [6.45, 7) is 7.59. The number of nitrogens with zero attached hydrogens (tertiary/aromatic N) is 3. The van der Waals surface area contributed by atoms with Gasteiger partial charge in [-0.15, -0.1) is 0 Å². The number of amidine groups is 1. The molecule has 0 bridgehead atoms. The van der Waals surface area contributed by atoms with Gasteiger partial charge in [0.25, 0.3) is 5.91 Å². The Morgan fingerprint density at radius 3 is 2.63 bits per heavy atom. The molecule has 1 atom stereocenters. The van der Waals surface area contributed by atoms with Crippen molar-refractivity contribution in [1.29, 1.82) is 0 Å². The van der Waals surface area contributed by atoms with Crippen molar-refractivity contribution in [3.8, 4) is 0 Å². The Balaban J connectivity index is 1.90. The molecule has 27 heavy (non-hydrogen) atoms. The third-order valence-electron chi connectivity index (χ3n) is 4.75. The van der Waals surface area contributed by atoms with Gasteiger partial charge in [0, 0.05) is 18.6 Å². The molecule has 0 fully saturated rings. The van der Waals surface area contributed by atoms with Crippen molar-refractivity contribution < 1.29 is 14.3 Å². The average Bonchev–Trinajstić information content (AvgIpc) is 2.96. The van der Waals surface area contributed by atoms with Gasteiger partial charge in [-0.2, -0.15) is 0 Å². The summed E-state index contributed by atoms with van der Waals surface area (Å²) < 4.78 is 5.42. The zero-order valence-corrected chi connectivity index (χ0v) is 15.8. The minimum Gasteiger partial charge on any atom is -0.457 e. The molecule has 3 rings (SSSR count). The van der Waals surface area contributed by atoms with E-state index < -0.39 is 11.5 Å². The molecule has 7 heteroatoms. The summed E-state index contributed by atoms with van der Waals surface area (Å²) in [6.07, 6.45) is 4.91. The molecule has 7 nitrogen and oxygen atoms in total. The fourth-order valence-electron chi connectivity index (χ4n) is 2.67. The Morgan fingerprint density at radius 2 is 2.00 bits per heavy atom. The number of esters is 1. The molecule has 0 saturated carbocycles. The smallest absolute Gasteiger partial charge is 0.340 e. The molecule has 140 valence electrons. The zero-order chi connectivity index (χ0) is 19.6. The number of hydrogen-bond acceptors (Lipinski definition) is 6. The standard InChI is InChI=1S/C20H22N4O3/c1-12(2)20(4)19(26)23-17(24-20)16-15(9-13(3)10-22-16)18(25)27-11-14-5-7-21-8-6-14/h5-10,12H,11H2,1-4H3,(H,23,24,26). The second kappa shape index (κ2) is 7.26. The summed E-state index contributed by atoms with van der Waals surface area (Å²) in [7, 11) is 0. The second-order valence-corrected chi connectivity index (χ2v) is 7.06. The van der Waals surface area contributed by atoms with Crippen LogP contribution in [0.3, 0.4) is 0 Å². The van der Waals surface area contributed by atoms with Gasteiger partial charge in [0.1, 0.15) is 17.8 Å². The van der Waals surface area contributed by atoms with Gasteiger partial charge in [0.15, 0.2) is 5.84 Å². The molecule has 1 unspecified atom stereocenters. The highest BCUT2D eigenvalue weighted by molar-refractivity contribution is 6.17. The first-order valence-corrected chi connectivity index (χ1v) is 8.75. The molecule has 0 saturated heterocycles. The van der Waals surface area contributed by atoms with Gasteiger partial charge in [0.05, 0.1) is 5.56 Å². The molecule has 3 heterocycles. The summed E-state index contributed by atoms with van der Waals surface area (Å²) in [5, 5.41) is 2.76. The van der Waals surface area contributed by atoms with Crippen LogP contribution in [0.25, 0.3) is 0 Å². The largest absolute Gasteiger partial charge is 0.457 e. The lowest BCUT2D eigenvalue weighted by Crippen LogP contribution is -2.41. The Labute approximate surface area is 157 Å². The van der Waals surface area contributed by atoms with Crippen molar-refractivity contribution in [3.05, 3.63) is 59.2 Å². The van der Waals surface area contributed by atoms with Gasteiger partial charge in [-0.3, -0.25) is 14.8 Å². The minimum absolute atomic E-state index is 0.00235. The molecule has 0 aliphatic carbocycles. The molecular weight excluding hydrogens is 344 g/mol. The van der Waals surface area contributed by atoms with Crippen LogP contribution in [-0.2, 0) is 16.1 Å². The minimum atomic E-state index is -0.889. The molecule has 2 aromatic rings. The molecule has 1 amide bonds. The van der Waals surface area contributed by atoms with Crippen LogP contribution < -0.4 is 5.32 Å². The molecule has 2 aromatic heterocycles. The first-order valence-electron chi connectivity index (χ1n) is 8.75. The molecule has 0 spiro atoms. The Morgan fingerprint density at radius 1 is 1.30 bits per heavy atom. The van der Waals surface area contributed by atoms with E-state index in [0.717, 1.165) is 11.1 Å². The monoisotopic (exact) mass is 366 g/mol. The van der Waals surface area contributed by atoms with Gasteiger partial charge in [-0.1, -0.05) is 13.8 Å². The number of carbonyl (C=O) groups excluding carboxylic acids is 2. The van der Waals surface area contributed by atoms with E-state index in [4.69, 9.17) is 4.74 Å². The van der Waals surface area contributed by atoms with Crippen LogP contribution in [0.1, 0.15) is 48.0 Å². The van der Waals surface area contributed by atoms with Crippen molar-refractivity contribution in [3.63, 3.8) is 0 Å². The number of amides is 1. The van der Waals surface area contributed by atoms with Crippen LogP contribution in [0, 0.1) is 12.8 Å². The number of aromatic nitrogens is 2. The van der Waals surface area contributed by atoms with Crippen LogP contribution in [0.2, 0.25) is 0 Å². The molecular formula is C20H22N4O3. The Bertz CT molecular complexity index is 909.